The van der Waals surface area contributed by atoms with E-state index in [9.17, 15) is 0 Å². The SMILES string of the molecule is COCCCCOCCN1CCN(C)C(C2CN(CCCOCCCOC)CC(C3CN(CCCCOCCOC)CCN3C)N2C)C1. The van der Waals surface area contributed by atoms with Gasteiger partial charge in [0.25, 0.3) is 0 Å². The Kier molecular flexibility index (Phi) is 22.3. The highest BCUT2D eigenvalue weighted by molar-refractivity contribution is 5.02. The summed E-state index contributed by atoms with van der Waals surface area (Å²) in [6.45, 7) is 19.2. The van der Waals surface area contributed by atoms with Crippen LogP contribution in [0.5, 0.6) is 0 Å². The van der Waals surface area contributed by atoms with E-state index in [-0.39, 0.29) is 0 Å². The van der Waals surface area contributed by atoms with E-state index < -0.39 is 0 Å². The molecule has 0 bridgehead atoms. The Morgan fingerprint density at radius 2 is 0.854 bits per heavy atom. The van der Waals surface area contributed by atoms with Crippen molar-refractivity contribution < 1.29 is 28.4 Å². The first-order chi connectivity index (χ1) is 23.5. The predicted octanol–water partition coefficient (Wildman–Crippen LogP) is 1.53. The fourth-order valence-corrected chi connectivity index (χ4v) is 7.56. The molecule has 3 heterocycles. The van der Waals surface area contributed by atoms with Gasteiger partial charge < -0.3 is 38.2 Å². The summed E-state index contributed by atoms with van der Waals surface area (Å²) in [7, 11) is 12.4. The Hall–Kier alpha value is -0.480. The maximum atomic E-state index is 6.02. The first kappa shape index (κ1) is 41.9. The third kappa shape index (κ3) is 15.4. The van der Waals surface area contributed by atoms with Gasteiger partial charge in [-0.2, -0.15) is 0 Å². The zero-order valence-electron chi connectivity index (χ0n) is 31.8. The minimum absolute atomic E-state index is 0.474. The van der Waals surface area contributed by atoms with E-state index in [1.54, 1.807) is 21.3 Å². The molecule has 0 spiro atoms. The van der Waals surface area contributed by atoms with E-state index in [2.05, 4.69) is 50.5 Å². The van der Waals surface area contributed by atoms with Gasteiger partial charge in [0.05, 0.1) is 19.8 Å². The third-order valence-corrected chi connectivity index (χ3v) is 10.7. The van der Waals surface area contributed by atoms with Crippen LogP contribution < -0.4 is 0 Å². The number of nitrogens with zero attached hydrogens (tertiary/aromatic N) is 6. The molecule has 0 aliphatic carbocycles. The van der Waals surface area contributed by atoms with Crippen molar-refractivity contribution >= 4 is 0 Å². The maximum absolute atomic E-state index is 6.02. The van der Waals surface area contributed by atoms with Crippen molar-refractivity contribution in [2.75, 3.05) is 174 Å². The lowest BCUT2D eigenvalue weighted by Gasteiger charge is -2.56. The number of hydrogen-bond donors (Lipinski definition) is 0. The largest absolute Gasteiger partial charge is 0.385 e. The summed E-state index contributed by atoms with van der Waals surface area (Å²) in [6.07, 6.45) is 6.46. The number of rotatable bonds is 26. The fraction of sp³-hybridized carbons (Fsp3) is 1.00. The summed E-state index contributed by atoms with van der Waals surface area (Å²) in [6, 6.07) is 1.95. The molecule has 12 heteroatoms. The van der Waals surface area contributed by atoms with Crippen molar-refractivity contribution in [1.29, 1.82) is 0 Å². The van der Waals surface area contributed by atoms with Crippen LogP contribution in [0, 0.1) is 0 Å². The molecule has 3 aliphatic rings. The Bertz CT molecular complexity index is 737. The average molecular weight is 687 g/mol. The molecule has 3 aliphatic heterocycles. The highest BCUT2D eigenvalue weighted by atomic mass is 16.5. The summed E-state index contributed by atoms with van der Waals surface area (Å²) >= 11 is 0. The zero-order valence-corrected chi connectivity index (χ0v) is 31.8. The molecule has 0 amide bonds. The number of unbranched alkanes of at least 4 members (excludes halogenated alkanes) is 2. The second-order valence-electron chi connectivity index (χ2n) is 14.2. The molecule has 3 fully saturated rings. The normalized spacial score (nSPS) is 26.1. The number of likely N-dealkylation sites (N-methyl/N-ethyl adjacent to an activating group) is 3. The van der Waals surface area contributed by atoms with Gasteiger partial charge in [-0.05, 0) is 66.2 Å². The van der Waals surface area contributed by atoms with Crippen LogP contribution in [0.2, 0.25) is 0 Å². The molecule has 0 aromatic heterocycles. The molecule has 4 unspecified atom stereocenters. The van der Waals surface area contributed by atoms with Gasteiger partial charge >= 0.3 is 0 Å². The van der Waals surface area contributed by atoms with E-state index in [0.29, 0.717) is 37.4 Å². The van der Waals surface area contributed by atoms with E-state index in [4.69, 9.17) is 28.4 Å². The lowest BCUT2D eigenvalue weighted by Crippen LogP contribution is -2.72. The molecule has 4 atom stereocenters. The lowest BCUT2D eigenvalue weighted by atomic mass is 9.92. The van der Waals surface area contributed by atoms with Crippen LogP contribution in [-0.2, 0) is 28.4 Å². The summed E-state index contributed by atoms with van der Waals surface area (Å²) in [5, 5.41) is 0. The van der Waals surface area contributed by atoms with Crippen LogP contribution in [0.1, 0.15) is 38.5 Å². The highest BCUT2D eigenvalue weighted by Gasteiger charge is 2.44. The minimum Gasteiger partial charge on any atom is -0.385 e. The van der Waals surface area contributed by atoms with Crippen molar-refractivity contribution in [2.24, 2.45) is 0 Å². The van der Waals surface area contributed by atoms with Crippen molar-refractivity contribution in [2.45, 2.75) is 62.7 Å². The van der Waals surface area contributed by atoms with Gasteiger partial charge in [-0.15, -0.1) is 0 Å². The second kappa shape index (κ2) is 25.5. The lowest BCUT2D eigenvalue weighted by molar-refractivity contribution is -0.0638. The van der Waals surface area contributed by atoms with E-state index in [1.807, 2.05) is 0 Å². The van der Waals surface area contributed by atoms with Gasteiger partial charge in [0.15, 0.2) is 0 Å². The van der Waals surface area contributed by atoms with Crippen molar-refractivity contribution in [3.8, 4) is 0 Å². The van der Waals surface area contributed by atoms with Gasteiger partial charge in [0.2, 0.25) is 0 Å². The van der Waals surface area contributed by atoms with Gasteiger partial charge in [0, 0.05) is 151 Å². The van der Waals surface area contributed by atoms with Crippen LogP contribution in [0.15, 0.2) is 0 Å². The van der Waals surface area contributed by atoms with Crippen molar-refractivity contribution in [1.82, 2.24) is 29.4 Å². The van der Waals surface area contributed by atoms with Crippen LogP contribution in [-0.4, -0.2) is 227 Å². The van der Waals surface area contributed by atoms with Gasteiger partial charge in [-0.25, -0.2) is 0 Å². The minimum atomic E-state index is 0.474. The van der Waals surface area contributed by atoms with Crippen molar-refractivity contribution in [3.05, 3.63) is 0 Å². The average Bonchev–Trinajstić information content (AvgIpc) is 3.09. The van der Waals surface area contributed by atoms with Crippen LogP contribution in [0.3, 0.4) is 0 Å². The highest BCUT2D eigenvalue weighted by Crippen LogP contribution is 2.27. The topological polar surface area (TPSA) is 74.8 Å². The van der Waals surface area contributed by atoms with Crippen LogP contribution >= 0.6 is 0 Å². The molecule has 0 aromatic rings. The Labute approximate surface area is 294 Å². The molecule has 284 valence electrons. The Morgan fingerprint density at radius 1 is 0.396 bits per heavy atom. The molecule has 3 saturated heterocycles. The monoisotopic (exact) mass is 687 g/mol. The van der Waals surface area contributed by atoms with E-state index >= 15 is 0 Å². The first-order valence-corrected chi connectivity index (χ1v) is 19.0. The molecule has 0 N–H and O–H groups in total. The molecule has 0 saturated carbocycles. The first-order valence-electron chi connectivity index (χ1n) is 19.0. The van der Waals surface area contributed by atoms with Crippen molar-refractivity contribution in [3.63, 3.8) is 0 Å². The summed E-state index contributed by atoms with van der Waals surface area (Å²) < 4.78 is 33.2. The summed E-state index contributed by atoms with van der Waals surface area (Å²) in [5.41, 5.74) is 0. The molecule has 48 heavy (non-hydrogen) atoms. The molecule has 12 nitrogen and oxygen atoms in total. The second-order valence-corrected chi connectivity index (χ2v) is 14.2. The third-order valence-electron chi connectivity index (χ3n) is 10.7. The number of piperazine rings is 3. The number of methoxy groups -OCH3 is 3. The van der Waals surface area contributed by atoms with Crippen LogP contribution in [0.4, 0.5) is 0 Å². The Balaban J connectivity index is 1.60. The molecule has 0 radical (unpaired) electrons. The maximum Gasteiger partial charge on any atom is 0.0700 e. The van der Waals surface area contributed by atoms with Crippen LogP contribution in [0.25, 0.3) is 0 Å². The van der Waals surface area contributed by atoms with Gasteiger partial charge in [-0.1, -0.05) is 0 Å². The summed E-state index contributed by atoms with van der Waals surface area (Å²) in [5.74, 6) is 0. The molecular weight excluding hydrogens is 612 g/mol. The number of ether oxygens (including phenoxy) is 6. The molecule has 0 aromatic carbocycles. The Morgan fingerprint density at radius 3 is 1.50 bits per heavy atom. The summed E-state index contributed by atoms with van der Waals surface area (Å²) in [4.78, 5) is 16.2. The predicted molar refractivity (Wildman–Crippen MR) is 193 cm³/mol. The zero-order chi connectivity index (χ0) is 34.4. The van der Waals surface area contributed by atoms with Gasteiger partial charge in [-0.3, -0.25) is 19.6 Å². The fourth-order valence-electron chi connectivity index (χ4n) is 7.56. The number of hydrogen-bond acceptors (Lipinski definition) is 12. The molecule has 3 rings (SSSR count). The molecular formula is C36H74N6O6. The van der Waals surface area contributed by atoms with E-state index in [0.717, 1.165) is 150 Å². The standard InChI is InChI=1S/C36H74N6O6/c1-37-15-17-40(13-7-8-22-48-28-27-45-6)29-33(37)35-31-42(14-11-24-46-25-12-21-44-5)32-36(39(35)3)34-30-41(18-16-38(34)2)19-26-47-23-10-9-20-43-4/h33-36H,7-32H2,1-6H3. The quantitative estimate of drug-likeness (QED) is 0.124. The van der Waals surface area contributed by atoms with E-state index in [1.165, 1.54) is 6.42 Å². The van der Waals surface area contributed by atoms with Gasteiger partial charge in [0.1, 0.15) is 0 Å². The smallest absolute Gasteiger partial charge is 0.0700 e.